The molecule has 0 bridgehead atoms. The maximum atomic E-state index is 12.8. The van der Waals surface area contributed by atoms with E-state index >= 15 is 0 Å². The third-order valence-electron chi connectivity index (χ3n) is 6.66. The van der Waals surface area contributed by atoms with Crippen molar-refractivity contribution >= 4 is 17.4 Å². The molecule has 3 aromatic rings. The molecular weight excluding hydrogens is 428 g/mol. The highest BCUT2D eigenvalue weighted by atomic mass is 16.5. The Morgan fingerprint density at radius 1 is 0.941 bits per heavy atom. The van der Waals surface area contributed by atoms with Crippen LogP contribution in [0.5, 0.6) is 0 Å². The van der Waals surface area contributed by atoms with Crippen LogP contribution in [0.4, 0.5) is 11.5 Å². The summed E-state index contributed by atoms with van der Waals surface area (Å²) >= 11 is 0. The molecule has 178 valence electrons. The number of benzene rings is 1. The first-order valence-corrected chi connectivity index (χ1v) is 12.0. The number of carbonyl (C=O) groups excluding carboxylic acids is 1. The molecule has 0 spiro atoms. The lowest BCUT2D eigenvalue weighted by Crippen LogP contribution is -2.49. The zero-order chi connectivity index (χ0) is 23.5. The Hall–Kier alpha value is -3.39. The predicted octanol–water partition coefficient (Wildman–Crippen LogP) is 2.75. The minimum atomic E-state index is 0.127. The maximum Gasteiger partial charge on any atom is 0.244 e. The summed E-state index contributed by atoms with van der Waals surface area (Å²) in [5, 5.41) is 4.43. The first kappa shape index (κ1) is 22.4. The third kappa shape index (κ3) is 4.77. The molecule has 34 heavy (non-hydrogen) atoms. The van der Waals surface area contributed by atoms with Gasteiger partial charge in [0.05, 0.1) is 18.9 Å². The Labute approximate surface area is 200 Å². The summed E-state index contributed by atoms with van der Waals surface area (Å²) in [7, 11) is 0. The number of hydrogen-bond acceptors (Lipinski definition) is 6. The number of morpholine rings is 1. The fourth-order valence-corrected chi connectivity index (χ4v) is 4.78. The van der Waals surface area contributed by atoms with Gasteiger partial charge in [-0.05, 0) is 38.1 Å². The predicted molar refractivity (Wildman–Crippen MR) is 133 cm³/mol. The summed E-state index contributed by atoms with van der Waals surface area (Å²) in [6.45, 7) is 10.5. The number of rotatable bonds is 5. The van der Waals surface area contributed by atoms with Crippen molar-refractivity contribution in [2.75, 3.05) is 62.3 Å². The number of para-hydroxylation sites is 1. The van der Waals surface area contributed by atoms with Crippen LogP contribution in [0.25, 0.3) is 11.1 Å². The highest BCUT2D eigenvalue weighted by Crippen LogP contribution is 2.32. The molecule has 0 saturated carbocycles. The molecule has 0 aliphatic carbocycles. The zero-order valence-corrected chi connectivity index (χ0v) is 20.0. The lowest BCUT2D eigenvalue weighted by Gasteiger charge is -2.37. The van der Waals surface area contributed by atoms with Gasteiger partial charge in [0, 0.05) is 68.0 Å². The van der Waals surface area contributed by atoms with Crippen LogP contribution < -0.4 is 9.80 Å². The van der Waals surface area contributed by atoms with Gasteiger partial charge in [-0.3, -0.25) is 9.48 Å². The summed E-state index contributed by atoms with van der Waals surface area (Å²) in [5.41, 5.74) is 5.43. The molecular formula is C26H32N6O2. The molecule has 2 aliphatic rings. The quantitative estimate of drug-likeness (QED) is 0.583. The standard InChI is InChI=1S/C26H32N6O2/c1-20-17-21(2)32(28-20)19-26(33)31-11-9-29(10-12-31)24-6-4-3-5-23(24)22-7-8-25(27-18-22)30-13-15-34-16-14-30/h3-8,17-18H,9-16,19H2,1-2H3. The van der Waals surface area contributed by atoms with Crippen molar-refractivity contribution in [1.29, 1.82) is 0 Å². The second-order valence-corrected chi connectivity index (χ2v) is 8.97. The largest absolute Gasteiger partial charge is 0.378 e. The number of carbonyl (C=O) groups is 1. The smallest absolute Gasteiger partial charge is 0.244 e. The Morgan fingerprint density at radius 2 is 1.71 bits per heavy atom. The second-order valence-electron chi connectivity index (χ2n) is 8.97. The molecule has 1 aromatic carbocycles. The van der Waals surface area contributed by atoms with E-state index in [1.54, 1.807) is 4.68 Å². The van der Waals surface area contributed by atoms with Crippen LogP contribution in [-0.4, -0.2) is 78.1 Å². The van der Waals surface area contributed by atoms with Crippen LogP contribution >= 0.6 is 0 Å². The Bertz CT molecular complexity index is 1130. The molecule has 1 amide bonds. The van der Waals surface area contributed by atoms with E-state index in [4.69, 9.17) is 9.72 Å². The average Bonchev–Trinajstić information content (AvgIpc) is 3.21. The normalized spacial score (nSPS) is 16.7. The molecule has 2 aromatic heterocycles. The summed E-state index contributed by atoms with van der Waals surface area (Å²) in [6.07, 6.45) is 1.97. The average molecular weight is 461 g/mol. The van der Waals surface area contributed by atoms with Crippen LogP contribution in [0.1, 0.15) is 11.4 Å². The van der Waals surface area contributed by atoms with Crippen LogP contribution in [0.2, 0.25) is 0 Å². The monoisotopic (exact) mass is 460 g/mol. The summed E-state index contributed by atoms with van der Waals surface area (Å²) in [4.78, 5) is 24.2. The van der Waals surface area contributed by atoms with Crippen LogP contribution in [0, 0.1) is 13.8 Å². The molecule has 8 nitrogen and oxygen atoms in total. The van der Waals surface area contributed by atoms with Crippen LogP contribution in [0.15, 0.2) is 48.7 Å². The minimum absolute atomic E-state index is 0.127. The van der Waals surface area contributed by atoms with Gasteiger partial charge in [-0.1, -0.05) is 18.2 Å². The molecule has 0 unspecified atom stereocenters. The Morgan fingerprint density at radius 3 is 2.38 bits per heavy atom. The lowest BCUT2D eigenvalue weighted by molar-refractivity contribution is -0.132. The van der Waals surface area contributed by atoms with Crippen molar-refractivity contribution in [1.82, 2.24) is 19.7 Å². The van der Waals surface area contributed by atoms with Crippen molar-refractivity contribution < 1.29 is 9.53 Å². The number of aryl methyl sites for hydroxylation is 2. The first-order valence-electron chi connectivity index (χ1n) is 12.0. The number of aromatic nitrogens is 3. The summed E-state index contributed by atoms with van der Waals surface area (Å²) in [6, 6.07) is 14.7. The summed E-state index contributed by atoms with van der Waals surface area (Å²) < 4.78 is 7.25. The highest BCUT2D eigenvalue weighted by molar-refractivity contribution is 5.80. The Balaban J connectivity index is 1.25. The van der Waals surface area contributed by atoms with Crippen LogP contribution in [-0.2, 0) is 16.1 Å². The Kier molecular flexibility index (Phi) is 6.49. The van der Waals surface area contributed by atoms with E-state index in [1.807, 2.05) is 31.0 Å². The topological polar surface area (TPSA) is 66.7 Å². The number of anilines is 2. The van der Waals surface area contributed by atoms with Gasteiger partial charge in [-0.2, -0.15) is 5.10 Å². The molecule has 8 heteroatoms. The van der Waals surface area contributed by atoms with Crippen molar-refractivity contribution in [3.8, 4) is 11.1 Å². The van der Waals surface area contributed by atoms with E-state index in [1.165, 1.54) is 11.3 Å². The van der Waals surface area contributed by atoms with Gasteiger partial charge in [0.2, 0.25) is 5.91 Å². The molecule has 2 aliphatic heterocycles. The van der Waals surface area contributed by atoms with Crippen molar-refractivity contribution in [2.24, 2.45) is 0 Å². The maximum absolute atomic E-state index is 12.8. The molecule has 5 rings (SSSR count). The van der Waals surface area contributed by atoms with E-state index in [9.17, 15) is 4.79 Å². The van der Waals surface area contributed by atoms with Gasteiger partial charge in [0.1, 0.15) is 12.4 Å². The minimum Gasteiger partial charge on any atom is -0.378 e. The van der Waals surface area contributed by atoms with Gasteiger partial charge in [-0.25, -0.2) is 4.98 Å². The van der Waals surface area contributed by atoms with Gasteiger partial charge >= 0.3 is 0 Å². The van der Waals surface area contributed by atoms with Crippen molar-refractivity contribution in [2.45, 2.75) is 20.4 Å². The molecule has 0 N–H and O–H groups in total. The van der Waals surface area contributed by atoms with Gasteiger partial charge in [0.25, 0.3) is 0 Å². The summed E-state index contributed by atoms with van der Waals surface area (Å²) in [5.74, 6) is 1.13. The van der Waals surface area contributed by atoms with E-state index < -0.39 is 0 Å². The third-order valence-corrected chi connectivity index (χ3v) is 6.66. The van der Waals surface area contributed by atoms with E-state index in [2.05, 4.69) is 51.3 Å². The number of pyridine rings is 1. The number of nitrogens with zero attached hydrogens (tertiary/aromatic N) is 6. The number of amides is 1. The van der Waals surface area contributed by atoms with Gasteiger partial charge < -0.3 is 19.4 Å². The molecule has 2 fully saturated rings. The van der Waals surface area contributed by atoms with Gasteiger partial charge in [0.15, 0.2) is 0 Å². The fourth-order valence-electron chi connectivity index (χ4n) is 4.78. The zero-order valence-electron chi connectivity index (χ0n) is 20.0. The first-order chi connectivity index (χ1) is 16.6. The fraction of sp³-hybridized carbons (Fsp3) is 0.423. The lowest BCUT2D eigenvalue weighted by atomic mass is 10.0. The molecule has 0 atom stereocenters. The molecule has 2 saturated heterocycles. The van der Waals surface area contributed by atoms with E-state index in [-0.39, 0.29) is 5.91 Å². The van der Waals surface area contributed by atoms with Crippen molar-refractivity contribution in [3.05, 3.63) is 60.0 Å². The number of ether oxygens (including phenoxy) is 1. The highest BCUT2D eigenvalue weighted by Gasteiger charge is 2.23. The molecule has 4 heterocycles. The van der Waals surface area contributed by atoms with Crippen molar-refractivity contribution in [3.63, 3.8) is 0 Å². The number of hydrogen-bond donors (Lipinski definition) is 0. The SMILES string of the molecule is Cc1cc(C)n(CC(=O)N2CCN(c3ccccc3-c3ccc(N4CCOCC4)nc3)CC2)n1. The number of piperazine rings is 1. The van der Waals surface area contributed by atoms with Gasteiger partial charge in [-0.15, -0.1) is 0 Å². The van der Waals surface area contributed by atoms with E-state index in [0.29, 0.717) is 19.6 Å². The second kappa shape index (κ2) is 9.85. The molecule has 0 radical (unpaired) electrons. The van der Waals surface area contributed by atoms with Crippen LogP contribution in [0.3, 0.4) is 0 Å². The van der Waals surface area contributed by atoms with E-state index in [0.717, 1.165) is 62.2 Å².